The van der Waals surface area contributed by atoms with E-state index in [1.807, 2.05) is 19.3 Å². The van der Waals surface area contributed by atoms with Crippen molar-refractivity contribution in [2.24, 2.45) is 10.9 Å². The van der Waals surface area contributed by atoms with Gasteiger partial charge in [-0.15, -0.1) is 0 Å². The fourth-order valence-electron chi connectivity index (χ4n) is 4.13. The molecule has 4 rings (SSSR count). The zero-order chi connectivity index (χ0) is 22.5. The van der Waals surface area contributed by atoms with Gasteiger partial charge in [-0.05, 0) is 50.5 Å². The fourth-order valence-corrected chi connectivity index (χ4v) is 4.13. The highest BCUT2D eigenvalue weighted by atomic mass is 19.1. The van der Waals surface area contributed by atoms with Crippen molar-refractivity contribution in [3.05, 3.63) is 47.3 Å². The molecule has 6 nitrogen and oxygen atoms in total. The summed E-state index contributed by atoms with van der Waals surface area (Å²) in [6, 6.07) is 2.41. The maximum Gasteiger partial charge on any atom is 0.225 e. The average Bonchev–Trinajstić information content (AvgIpc) is 3.22. The van der Waals surface area contributed by atoms with Crippen LogP contribution in [-0.4, -0.2) is 48.2 Å². The van der Waals surface area contributed by atoms with Crippen LogP contribution in [0.3, 0.4) is 0 Å². The summed E-state index contributed by atoms with van der Waals surface area (Å²) in [7, 11) is 0. The number of piperidine rings is 1. The smallest absolute Gasteiger partial charge is 0.225 e. The lowest BCUT2D eigenvalue weighted by atomic mass is 9.92. The van der Waals surface area contributed by atoms with Gasteiger partial charge in [0.05, 0.1) is 13.2 Å². The Labute approximate surface area is 187 Å². The van der Waals surface area contributed by atoms with Crippen LogP contribution in [0.4, 0.5) is 14.7 Å². The van der Waals surface area contributed by atoms with Crippen molar-refractivity contribution < 1.29 is 18.3 Å². The molecule has 32 heavy (non-hydrogen) atoms. The molecular formula is C24H30F2N4O2. The van der Waals surface area contributed by atoms with E-state index < -0.39 is 11.6 Å². The standard InChI is InChI=1S/C24H30F2N4O2/c1-3-17-14-28-24(29-15-17)30-8-6-18(7-9-30)5-4-10-31-19-11-20(25)22(21(26)12-19)23-27-13-16(2)32-23/h11-12,14-16,18H,3-10,13H2,1-2H3/t16-/m0/s1. The molecule has 0 bridgehead atoms. The number of aryl methyl sites for hydroxylation is 1. The van der Waals surface area contributed by atoms with E-state index in [9.17, 15) is 8.78 Å². The van der Waals surface area contributed by atoms with Crippen molar-refractivity contribution >= 4 is 11.8 Å². The van der Waals surface area contributed by atoms with Crippen molar-refractivity contribution in [1.82, 2.24) is 9.97 Å². The minimum Gasteiger partial charge on any atom is -0.493 e. The van der Waals surface area contributed by atoms with Crippen molar-refractivity contribution in [2.75, 3.05) is 31.1 Å². The topological polar surface area (TPSA) is 59.8 Å². The minimum absolute atomic E-state index is 0.0251. The first-order valence-electron chi connectivity index (χ1n) is 11.4. The molecule has 1 saturated heterocycles. The molecule has 0 unspecified atom stereocenters. The van der Waals surface area contributed by atoms with Crippen molar-refractivity contribution in [2.45, 2.75) is 52.1 Å². The molecule has 1 aromatic carbocycles. The Hall–Kier alpha value is -2.77. The largest absolute Gasteiger partial charge is 0.493 e. The lowest BCUT2D eigenvalue weighted by Gasteiger charge is -2.32. The highest BCUT2D eigenvalue weighted by Crippen LogP contribution is 2.26. The summed E-state index contributed by atoms with van der Waals surface area (Å²) >= 11 is 0. The van der Waals surface area contributed by atoms with Gasteiger partial charge in [0, 0.05) is 37.6 Å². The second kappa shape index (κ2) is 10.2. The Morgan fingerprint density at radius 1 is 1.12 bits per heavy atom. The van der Waals surface area contributed by atoms with Gasteiger partial charge in [0.2, 0.25) is 11.8 Å². The van der Waals surface area contributed by atoms with E-state index in [0.717, 1.165) is 56.7 Å². The van der Waals surface area contributed by atoms with E-state index >= 15 is 0 Å². The predicted octanol–water partition coefficient (Wildman–Crippen LogP) is 4.56. The average molecular weight is 445 g/mol. The highest BCUT2D eigenvalue weighted by molar-refractivity contribution is 5.95. The van der Waals surface area contributed by atoms with Gasteiger partial charge in [-0.25, -0.2) is 23.7 Å². The number of rotatable bonds is 8. The summed E-state index contributed by atoms with van der Waals surface area (Å²) < 4.78 is 39.8. The normalized spacial score (nSPS) is 19.1. The van der Waals surface area contributed by atoms with E-state index in [-0.39, 0.29) is 23.3 Å². The molecule has 0 aliphatic carbocycles. The van der Waals surface area contributed by atoms with Gasteiger partial charge >= 0.3 is 0 Å². The van der Waals surface area contributed by atoms with Crippen LogP contribution >= 0.6 is 0 Å². The van der Waals surface area contributed by atoms with Crippen LogP contribution in [0.15, 0.2) is 29.5 Å². The third-order valence-corrected chi connectivity index (χ3v) is 6.06. The van der Waals surface area contributed by atoms with Crippen LogP contribution in [-0.2, 0) is 11.2 Å². The molecule has 0 saturated carbocycles. The first kappa shape index (κ1) is 22.4. The fraction of sp³-hybridized carbons (Fsp3) is 0.542. The van der Waals surface area contributed by atoms with Gasteiger partial charge in [0.1, 0.15) is 29.1 Å². The summed E-state index contributed by atoms with van der Waals surface area (Å²) in [5.74, 6) is 0.207. The van der Waals surface area contributed by atoms with Crippen LogP contribution < -0.4 is 9.64 Å². The maximum absolute atomic E-state index is 14.4. The van der Waals surface area contributed by atoms with Crippen molar-refractivity contribution in [1.29, 1.82) is 0 Å². The third-order valence-electron chi connectivity index (χ3n) is 6.06. The first-order valence-corrected chi connectivity index (χ1v) is 11.4. The predicted molar refractivity (Wildman–Crippen MR) is 119 cm³/mol. The van der Waals surface area contributed by atoms with Crippen LogP contribution in [0.2, 0.25) is 0 Å². The molecule has 3 heterocycles. The van der Waals surface area contributed by atoms with Gasteiger partial charge in [-0.2, -0.15) is 0 Å². The molecule has 0 radical (unpaired) electrons. The van der Waals surface area contributed by atoms with Crippen LogP contribution in [0, 0.1) is 17.6 Å². The first-order chi connectivity index (χ1) is 15.5. The van der Waals surface area contributed by atoms with E-state index in [2.05, 4.69) is 26.8 Å². The van der Waals surface area contributed by atoms with Gasteiger partial charge < -0.3 is 14.4 Å². The number of aliphatic imine (C=N–C) groups is 1. The Balaban J connectivity index is 1.20. The van der Waals surface area contributed by atoms with Gasteiger partial charge in [-0.3, -0.25) is 0 Å². The molecule has 8 heteroatoms. The Morgan fingerprint density at radius 3 is 2.41 bits per heavy atom. The Morgan fingerprint density at radius 2 is 1.81 bits per heavy atom. The molecule has 172 valence electrons. The Bertz CT molecular complexity index is 921. The third kappa shape index (κ3) is 5.34. The van der Waals surface area contributed by atoms with Crippen LogP contribution in [0.5, 0.6) is 5.75 Å². The SMILES string of the molecule is CCc1cnc(N2CCC(CCCOc3cc(F)c(C4=NC[C@H](C)O4)c(F)c3)CC2)nc1. The summed E-state index contributed by atoms with van der Waals surface area (Å²) in [5, 5.41) is 0. The summed E-state index contributed by atoms with van der Waals surface area (Å²) in [4.78, 5) is 15.2. The lowest BCUT2D eigenvalue weighted by molar-refractivity contribution is 0.244. The molecule has 0 amide bonds. The zero-order valence-corrected chi connectivity index (χ0v) is 18.7. The molecule has 1 fully saturated rings. The number of aromatic nitrogens is 2. The number of nitrogens with zero attached hydrogens (tertiary/aromatic N) is 4. The highest BCUT2D eigenvalue weighted by Gasteiger charge is 2.25. The number of anilines is 1. The minimum atomic E-state index is -0.714. The molecule has 2 aliphatic rings. The van der Waals surface area contributed by atoms with Gasteiger partial charge in [-0.1, -0.05) is 6.92 Å². The van der Waals surface area contributed by atoms with Crippen LogP contribution in [0.1, 0.15) is 50.7 Å². The number of hydrogen-bond acceptors (Lipinski definition) is 6. The number of hydrogen-bond donors (Lipinski definition) is 0. The lowest BCUT2D eigenvalue weighted by Crippen LogP contribution is -2.35. The molecule has 1 atom stereocenters. The van der Waals surface area contributed by atoms with Crippen molar-refractivity contribution in [3.8, 4) is 5.75 Å². The molecule has 0 N–H and O–H groups in total. The van der Waals surface area contributed by atoms with Gasteiger partial charge in [0.25, 0.3) is 0 Å². The van der Waals surface area contributed by atoms with E-state index in [4.69, 9.17) is 9.47 Å². The number of ether oxygens (including phenoxy) is 2. The summed E-state index contributed by atoms with van der Waals surface area (Å²) in [6.07, 6.45) is 8.60. The summed E-state index contributed by atoms with van der Waals surface area (Å²) in [5.41, 5.74) is 0.926. The van der Waals surface area contributed by atoms with E-state index in [1.165, 1.54) is 12.1 Å². The summed E-state index contributed by atoms with van der Waals surface area (Å²) in [6.45, 7) is 6.62. The van der Waals surface area contributed by atoms with Crippen molar-refractivity contribution in [3.63, 3.8) is 0 Å². The van der Waals surface area contributed by atoms with Crippen LogP contribution in [0.25, 0.3) is 0 Å². The second-order valence-electron chi connectivity index (χ2n) is 8.50. The number of benzene rings is 1. The van der Waals surface area contributed by atoms with E-state index in [1.54, 1.807) is 0 Å². The quantitative estimate of drug-likeness (QED) is 0.559. The molecule has 0 spiro atoms. The Kier molecular flexibility index (Phi) is 7.17. The molecular weight excluding hydrogens is 414 g/mol. The monoisotopic (exact) mass is 444 g/mol. The second-order valence-corrected chi connectivity index (χ2v) is 8.50. The number of halogens is 2. The maximum atomic E-state index is 14.4. The van der Waals surface area contributed by atoms with Gasteiger partial charge in [0.15, 0.2) is 0 Å². The van der Waals surface area contributed by atoms with E-state index in [0.29, 0.717) is 19.1 Å². The molecule has 2 aromatic rings. The molecule has 1 aromatic heterocycles. The zero-order valence-electron chi connectivity index (χ0n) is 18.7. The molecule has 2 aliphatic heterocycles.